The third-order valence-electron chi connectivity index (χ3n) is 3.88. The molecule has 130 valence electrons. The topological polar surface area (TPSA) is 63.0 Å². The number of rotatable bonds is 6. The van der Waals surface area contributed by atoms with Gasteiger partial charge in [-0.3, -0.25) is 0 Å². The van der Waals surface area contributed by atoms with Crippen LogP contribution in [0.25, 0.3) is 22.6 Å². The second-order valence-corrected chi connectivity index (χ2v) is 5.14. The Morgan fingerprint density at radius 3 is 2.08 bits per heavy atom. The van der Waals surface area contributed by atoms with Crippen LogP contribution in [0.3, 0.4) is 0 Å². The highest BCUT2D eigenvalue weighted by Gasteiger charge is 2.22. The van der Waals surface area contributed by atoms with Crippen molar-refractivity contribution in [3.8, 4) is 45.6 Å². The van der Waals surface area contributed by atoms with Crippen molar-refractivity contribution in [3.05, 3.63) is 42.8 Å². The van der Waals surface area contributed by atoms with Gasteiger partial charge in [-0.1, -0.05) is 0 Å². The lowest BCUT2D eigenvalue weighted by molar-refractivity contribution is 0.324. The molecule has 0 unspecified atom stereocenters. The van der Waals surface area contributed by atoms with Gasteiger partial charge >= 0.3 is 0 Å². The molecule has 2 aromatic carbocycles. The van der Waals surface area contributed by atoms with Crippen molar-refractivity contribution in [2.75, 3.05) is 28.4 Å². The maximum atomic E-state index is 5.66. The highest BCUT2D eigenvalue weighted by molar-refractivity contribution is 5.82. The summed E-state index contributed by atoms with van der Waals surface area (Å²) in [6.45, 7) is 0. The van der Waals surface area contributed by atoms with Crippen LogP contribution in [-0.2, 0) is 0 Å². The molecule has 3 aromatic rings. The third kappa shape index (κ3) is 2.98. The zero-order chi connectivity index (χ0) is 17.8. The van der Waals surface area contributed by atoms with Gasteiger partial charge in [-0.25, -0.2) is 4.98 Å². The Balaban J connectivity index is 2.13. The number of hydrogen-bond donors (Lipinski definition) is 0. The Bertz CT molecular complexity index is 855. The summed E-state index contributed by atoms with van der Waals surface area (Å²) < 4.78 is 27.2. The van der Waals surface area contributed by atoms with Crippen molar-refractivity contribution in [2.24, 2.45) is 0 Å². The minimum atomic E-state index is 0.500. The molecule has 0 saturated heterocycles. The summed E-state index contributed by atoms with van der Waals surface area (Å²) in [4.78, 5) is 4.36. The number of aromatic nitrogens is 1. The Labute approximate surface area is 145 Å². The van der Waals surface area contributed by atoms with Crippen LogP contribution >= 0.6 is 0 Å². The second-order valence-electron chi connectivity index (χ2n) is 5.14. The van der Waals surface area contributed by atoms with Gasteiger partial charge in [0.25, 0.3) is 0 Å². The fourth-order valence-corrected chi connectivity index (χ4v) is 2.67. The molecule has 0 aliphatic carbocycles. The monoisotopic (exact) mass is 341 g/mol. The van der Waals surface area contributed by atoms with Gasteiger partial charge in [-0.15, -0.1) is 0 Å². The average Bonchev–Trinajstić information content (AvgIpc) is 3.16. The average molecular weight is 341 g/mol. The molecular formula is C19H19NO5. The van der Waals surface area contributed by atoms with Crippen LogP contribution in [0.1, 0.15) is 0 Å². The van der Waals surface area contributed by atoms with Crippen LogP contribution < -0.4 is 18.9 Å². The maximum absolute atomic E-state index is 5.66. The van der Waals surface area contributed by atoms with E-state index < -0.39 is 0 Å². The summed E-state index contributed by atoms with van der Waals surface area (Å²) in [5.74, 6) is 2.96. The van der Waals surface area contributed by atoms with Gasteiger partial charge in [0.1, 0.15) is 11.4 Å². The zero-order valence-electron chi connectivity index (χ0n) is 14.5. The fraction of sp³-hybridized carbons (Fsp3) is 0.211. The molecule has 0 saturated carbocycles. The lowest BCUT2D eigenvalue weighted by Crippen LogP contribution is -1.97. The molecule has 0 radical (unpaired) electrons. The van der Waals surface area contributed by atoms with Crippen molar-refractivity contribution < 1.29 is 23.4 Å². The van der Waals surface area contributed by atoms with E-state index in [0.717, 1.165) is 16.9 Å². The quantitative estimate of drug-likeness (QED) is 0.674. The molecule has 0 bridgehead atoms. The van der Waals surface area contributed by atoms with Crippen molar-refractivity contribution in [1.82, 2.24) is 4.98 Å². The number of nitrogens with zero attached hydrogens (tertiary/aromatic N) is 1. The lowest BCUT2D eigenvalue weighted by Gasteiger charge is -2.15. The molecule has 0 spiro atoms. The van der Waals surface area contributed by atoms with Crippen molar-refractivity contribution in [1.29, 1.82) is 0 Å². The molecule has 0 amide bonds. The van der Waals surface area contributed by atoms with E-state index in [1.54, 1.807) is 34.5 Å². The predicted molar refractivity (Wildman–Crippen MR) is 93.6 cm³/mol. The predicted octanol–water partition coefficient (Wildman–Crippen LogP) is 4.04. The van der Waals surface area contributed by atoms with Crippen molar-refractivity contribution in [2.45, 2.75) is 0 Å². The molecule has 1 heterocycles. The molecule has 0 aliphatic rings. The van der Waals surface area contributed by atoms with Gasteiger partial charge in [0.15, 0.2) is 23.7 Å². The summed E-state index contributed by atoms with van der Waals surface area (Å²) in [5.41, 5.74) is 2.33. The van der Waals surface area contributed by atoms with Crippen LogP contribution in [-0.4, -0.2) is 33.4 Å². The number of hydrogen-bond acceptors (Lipinski definition) is 6. The van der Waals surface area contributed by atoms with Gasteiger partial charge in [-0.05, 0) is 36.4 Å². The van der Waals surface area contributed by atoms with Crippen molar-refractivity contribution >= 4 is 0 Å². The minimum absolute atomic E-state index is 0.500. The molecule has 3 rings (SSSR count). The van der Waals surface area contributed by atoms with Gasteiger partial charge in [-0.2, -0.15) is 0 Å². The first kappa shape index (κ1) is 16.7. The van der Waals surface area contributed by atoms with E-state index in [1.807, 2.05) is 30.3 Å². The molecule has 25 heavy (non-hydrogen) atoms. The highest BCUT2D eigenvalue weighted by Crippen LogP contribution is 2.46. The third-order valence-corrected chi connectivity index (χ3v) is 3.88. The summed E-state index contributed by atoms with van der Waals surface area (Å²) in [6, 6.07) is 11.3. The molecule has 6 nitrogen and oxygen atoms in total. The van der Waals surface area contributed by atoms with Crippen LogP contribution in [0.4, 0.5) is 0 Å². The standard InChI is InChI=1S/C19H19NO5/c1-21-13-7-5-12(6-8-13)16-17(25-11-20-16)14-9-10-15(22-2)19(24-4)18(14)23-3/h5-11H,1-4H3. The van der Waals surface area contributed by atoms with E-state index in [9.17, 15) is 0 Å². The second kappa shape index (κ2) is 7.17. The van der Waals surface area contributed by atoms with Gasteiger partial charge in [0, 0.05) is 5.56 Å². The van der Waals surface area contributed by atoms with E-state index in [-0.39, 0.29) is 0 Å². The summed E-state index contributed by atoms with van der Waals surface area (Å²) in [5, 5.41) is 0. The highest BCUT2D eigenvalue weighted by atomic mass is 16.5. The Hall–Kier alpha value is -3.15. The van der Waals surface area contributed by atoms with E-state index >= 15 is 0 Å². The first-order valence-electron chi connectivity index (χ1n) is 7.60. The Morgan fingerprint density at radius 2 is 1.48 bits per heavy atom. The smallest absolute Gasteiger partial charge is 0.204 e. The first-order chi connectivity index (χ1) is 12.2. The normalized spacial score (nSPS) is 10.4. The van der Waals surface area contributed by atoms with E-state index in [4.69, 9.17) is 23.4 Å². The van der Waals surface area contributed by atoms with Crippen LogP contribution in [0.2, 0.25) is 0 Å². The summed E-state index contributed by atoms with van der Waals surface area (Å²) in [6.07, 6.45) is 1.41. The lowest BCUT2D eigenvalue weighted by atomic mass is 10.0. The van der Waals surface area contributed by atoms with Crippen LogP contribution in [0.15, 0.2) is 47.2 Å². The van der Waals surface area contributed by atoms with Crippen molar-refractivity contribution in [3.63, 3.8) is 0 Å². The number of benzene rings is 2. The first-order valence-corrected chi connectivity index (χ1v) is 7.60. The number of oxazole rings is 1. The number of methoxy groups -OCH3 is 4. The number of ether oxygens (including phenoxy) is 4. The van der Waals surface area contributed by atoms with Gasteiger partial charge in [0.2, 0.25) is 5.75 Å². The molecule has 6 heteroatoms. The maximum Gasteiger partial charge on any atom is 0.204 e. The molecule has 0 fully saturated rings. The van der Waals surface area contributed by atoms with E-state index in [1.165, 1.54) is 6.39 Å². The van der Waals surface area contributed by atoms with Crippen LogP contribution in [0, 0.1) is 0 Å². The summed E-state index contributed by atoms with van der Waals surface area (Å²) >= 11 is 0. The SMILES string of the molecule is COc1ccc(-c2ncoc2-c2ccc(OC)c(OC)c2OC)cc1. The molecule has 0 aliphatic heterocycles. The zero-order valence-corrected chi connectivity index (χ0v) is 14.5. The van der Waals surface area contributed by atoms with Gasteiger partial charge < -0.3 is 23.4 Å². The molecule has 0 atom stereocenters. The van der Waals surface area contributed by atoms with Gasteiger partial charge in [0.05, 0.1) is 34.0 Å². The Morgan fingerprint density at radius 1 is 0.760 bits per heavy atom. The van der Waals surface area contributed by atoms with E-state index in [2.05, 4.69) is 4.98 Å². The van der Waals surface area contributed by atoms with E-state index in [0.29, 0.717) is 28.7 Å². The fourth-order valence-electron chi connectivity index (χ4n) is 2.67. The minimum Gasteiger partial charge on any atom is -0.497 e. The molecule has 0 N–H and O–H groups in total. The molecule has 1 aromatic heterocycles. The largest absolute Gasteiger partial charge is 0.497 e. The Kier molecular flexibility index (Phi) is 4.79. The molecular weight excluding hydrogens is 322 g/mol. The van der Waals surface area contributed by atoms with Crippen LogP contribution in [0.5, 0.6) is 23.0 Å². The summed E-state index contributed by atoms with van der Waals surface area (Å²) in [7, 11) is 6.35.